The van der Waals surface area contributed by atoms with Gasteiger partial charge in [0.25, 0.3) is 0 Å². The first kappa shape index (κ1) is 24.7. The minimum Gasteiger partial charge on any atom is -0.489 e. The van der Waals surface area contributed by atoms with Gasteiger partial charge in [-0.2, -0.15) is 0 Å². The molecule has 0 saturated heterocycles. The highest BCUT2D eigenvalue weighted by Gasteiger charge is 2.05. The van der Waals surface area contributed by atoms with Crippen LogP contribution in [0.3, 0.4) is 0 Å². The quantitative estimate of drug-likeness (QED) is 0.189. The second-order valence-corrected chi connectivity index (χ2v) is 8.35. The van der Waals surface area contributed by atoms with E-state index in [0.717, 1.165) is 53.9 Å². The Labute approximate surface area is 198 Å². The van der Waals surface area contributed by atoms with E-state index < -0.39 is 0 Å². The van der Waals surface area contributed by atoms with E-state index in [9.17, 15) is 0 Å². The summed E-state index contributed by atoms with van der Waals surface area (Å²) in [5.41, 5.74) is 4.79. The van der Waals surface area contributed by atoms with Crippen molar-refractivity contribution in [3.05, 3.63) is 73.0 Å². The van der Waals surface area contributed by atoms with Crippen LogP contribution in [0.4, 0.5) is 0 Å². The zero-order valence-corrected chi connectivity index (χ0v) is 20.0. The number of allylic oxidation sites excluding steroid dienone is 1. The molecule has 4 heteroatoms. The molecule has 1 atom stereocenters. The van der Waals surface area contributed by atoms with Crippen molar-refractivity contribution >= 4 is 17.1 Å². The molecule has 2 aromatic carbocycles. The molecular formula is C29H36N2O2. The van der Waals surface area contributed by atoms with Crippen molar-refractivity contribution in [3.63, 3.8) is 0 Å². The van der Waals surface area contributed by atoms with Crippen molar-refractivity contribution in [2.45, 2.75) is 58.5 Å². The first-order valence-electron chi connectivity index (χ1n) is 12.1. The van der Waals surface area contributed by atoms with E-state index in [-0.39, 0.29) is 0 Å². The van der Waals surface area contributed by atoms with Gasteiger partial charge in [0.15, 0.2) is 0 Å². The zero-order valence-electron chi connectivity index (χ0n) is 20.0. The molecule has 0 spiro atoms. The van der Waals surface area contributed by atoms with Gasteiger partial charge in [-0.05, 0) is 50.3 Å². The standard InChI is InChI=1S/C29H36N2O2/c1-4-6-10-20-32-23(3)11-8-7-9-12-24-13-15-25(16-14-24)29-22-30-28-21-26(33-19-5-2)17-18-27(28)31-29/h5,9,12-18,21-23H,2,4,6-8,10-11,19-20H2,1,3H3/b12-9+. The van der Waals surface area contributed by atoms with Crippen molar-refractivity contribution in [3.8, 4) is 17.0 Å². The van der Waals surface area contributed by atoms with E-state index >= 15 is 0 Å². The second-order valence-electron chi connectivity index (χ2n) is 8.35. The Morgan fingerprint density at radius 1 is 1.03 bits per heavy atom. The predicted octanol–water partition coefficient (Wildman–Crippen LogP) is 7.64. The Morgan fingerprint density at radius 2 is 1.88 bits per heavy atom. The van der Waals surface area contributed by atoms with Gasteiger partial charge in [-0.25, -0.2) is 4.98 Å². The molecule has 1 aromatic heterocycles. The number of aromatic nitrogens is 2. The Bertz CT molecular complexity index is 1030. The molecular weight excluding hydrogens is 408 g/mol. The summed E-state index contributed by atoms with van der Waals surface area (Å²) in [4.78, 5) is 9.33. The number of unbranched alkanes of at least 4 members (excludes halogenated alkanes) is 3. The average molecular weight is 445 g/mol. The third kappa shape index (κ3) is 8.14. The van der Waals surface area contributed by atoms with Crippen molar-refractivity contribution in [1.29, 1.82) is 0 Å². The van der Waals surface area contributed by atoms with E-state index in [0.29, 0.717) is 12.7 Å². The fraction of sp³-hybridized carbons (Fsp3) is 0.379. The summed E-state index contributed by atoms with van der Waals surface area (Å²) < 4.78 is 11.4. The third-order valence-corrected chi connectivity index (χ3v) is 5.53. The lowest BCUT2D eigenvalue weighted by Gasteiger charge is -2.12. The first-order valence-corrected chi connectivity index (χ1v) is 12.1. The molecule has 0 saturated carbocycles. The highest BCUT2D eigenvalue weighted by atomic mass is 16.5. The van der Waals surface area contributed by atoms with Crippen molar-refractivity contribution < 1.29 is 9.47 Å². The maximum absolute atomic E-state index is 5.87. The summed E-state index contributed by atoms with van der Waals surface area (Å²) in [6.45, 7) is 9.44. The molecule has 4 nitrogen and oxygen atoms in total. The maximum Gasteiger partial charge on any atom is 0.122 e. The van der Waals surface area contributed by atoms with Gasteiger partial charge < -0.3 is 9.47 Å². The SMILES string of the molecule is C=CCOc1ccc2nc(-c3ccc(/C=C/CCCC(C)OCCCCC)cc3)cnc2c1. The minimum absolute atomic E-state index is 0.351. The van der Waals surface area contributed by atoms with E-state index in [2.05, 4.69) is 61.8 Å². The van der Waals surface area contributed by atoms with Crippen LogP contribution in [0.2, 0.25) is 0 Å². The number of hydrogen-bond acceptors (Lipinski definition) is 4. The molecule has 3 rings (SSSR count). The summed E-state index contributed by atoms with van der Waals surface area (Å²) in [6, 6.07) is 14.2. The molecule has 3 aromatic rings. The highest BCUT2D eigenvalue weighted by Crippen LogP contribution is 2.23. The maximum atomic E-state index is 5.87. The number of hydrogen-bond donors (Lipinski definition) is 0. The van der Waals surface area contributed by atoms with Crippen LogP contribution < -0.4 is 4.74 Å². The highest BCUT2D eigenvalue weighted by molar-refractivity contribution is 5.78. The molecule has 0 aliphatic rings. The smallest absolute Gasteiger partial charge is 0.122 e. The number of fused-ring (bicyclic) bond motifs is 1. The van der Waals surface area contributed by atoms with Crippen molar-refractivity contribution in [1.82, 2.24) is 9.97 Å². The summed E-state index contributed by atoms with van der Waals surface area (Å²) in [5, 5.41) is 0. The summed E-state index contributed by atoms with van der Waals surface area (Å²) in [6.07, 6.45) is 15.3. The molecule has 0 N–H and O–H groups in total. The number of ether oxygens (including phenoxy) is 2. The summed E-state index contributed by atoms with van der Waals surface area (Å²) in [7, 11) is 0. The van der Waals surface area contributed by atoms with E-state index in [4.69, 9.17) is 14.5 Å². The first-order chi connectivity index (χ1) is 16.2. The van der Waals surface area contributed by atoms with Gasteiger partial charge in [-0.15, -0.1) is 0 Å². The van der Waals surface area contributed by atoms with Gasteiger partial charge in [-0.1, -0.05) is 68.8 Å². The fourth-order valence-electron chi connectivity index (χ4n) is 3.60. The van der Waals surface area contributed by atoms with Crippen molar-refractivity contribution in [2.24, 2.45) is 0 Å². The van der Waals surface area contributed by atoms with Crippen LogP contribution in [0.15, 0.2) is 67.4 Å². The van der Waals surface area contributed by atoms with Gasteiger partial charge in [0.2, 0.25) is 0 Å². The monoisotopic (exact) mass is 444 g/mol. The van der Waals surface area contributed by atoms with E-state index in [1.165, 1.54) is 24.8 Å². The molecule has 0 bridgehead atoms. The zero-order chi connectivity index (χ0) is 23.3. The molecule has 174 valence electrons. The number of nitrogens with zero attached hydrogens (tertiary/aromatic N) is 2. The van der Waals surface area contributed by atoms with E-state index in [1.54, 1.807) is 6.08 Å². The van der Waals surface area contributed by atoms with Crippen LogP contribution in [-0.4, -0.2) is 29.3 Å². The van der Waals surface area contributed by atoms with Gasteiger partial charge in [0.1, 0.15) is 12.4 Å². The van der Waals surface area contributed by atoms with Crippen LogP contribution in [0.25, 0.3) is 28.4 Å². The lowest BCUT2D eigenvalue weighted by atomic mass is 10.1. The van der Waals surface area contributed by atoms with Gasteiger partial charge in [0, 0.05) is 18.2 Å². The normalized spacial score (nSPS) is 12.3. The summed E-state index contributed by atoms with van der Waals surface area (Å²) >= 11 is 0. The molecule has 1 heterocycles. The summed E-state index contributed by atoms with van der Waals surface area (Å²) in [5.74, 6) is 0.773. The number of benzene rings is 2. The van der Waals surface area contributed by atoms with Gasteiger partial charge in [-0.3, -0.25) is 4.98 Å². The lowest BCUT2D eigenvalue weighted by Crippen LogP contribution is -2.08. The third-order valence-electron chi connectivity index (χ3n) is 5.53. The lowest BCUT2D eigenvalue weighted by molar-refractivity contribution is 0.0566. The van der Waals surface area contributed by atoms with Gasteiger partial charge in [0.05, 0.1) is 29.0 Å². The Kier molecular flexibility index (Phi) is 10.1. The Morgan fingerprint density at radius 3 is 2.67 bits per heavy atom. The predicted molar refractivity (Wildman–Crippen MR) is 138 cm³/mol. The minimum atomic E-state index is 0.351. The fourth-order valence-corrected chi connectivity index (χ4v) is 3.60. The average Bonchev–Trinajstić information content (AvgIpc) is 2.85. The van der Waals surface area contributed by atoms with Crippen LogP contribution in [0.1, 0.15) is 57.9 Å². The van der Waals surface area contributed by atoms with Crippen LogP contribution >= 0.6 is 0 Å². The molecule has 0 fully saturated rings. The topological polar surface area (TPSA) is 44.2 Å². The molecule has 1 unspecified atom stereocenters. The number of rotatable bonds is 14. The van der Waals surface area contributed by atoms with Crippen LogP contribution in [-0.2, 0) is 4.74 Å². The van der Waals surface area contributed by atoms with Gasteiger partial charge >= 0.3 is 0 Å². The molecule has 0 amide bonds. The second kappa shape index (κ2) is 13.5. The molecule has 33 heavy (non-hydrogen) atoms. The van der Waals surface area contributed by atoms with E-state index in [1.807, 2.05) is 24.4 Å². The Balaban J connectivity index is 1.49. The molecule has 0 radical (unpaired) electrons. The van der Waals surface area contributed by atoms with Crippen LogP contribution in [0.5, 0.6) is 5.75 Å². The van der Waals surface area contributed by atoms with Crippen LogP contribution in [0, 0.1) is 0 Å². The van der Waals surface area contributed by atoms with Crippen molar-refractivity contribution in [2.75, 3.05) is 13.2 Å². The molecule has 0 aliphatic carbocycles. The largest absolute Gasteiger partial charge is 0.489 e. The Hall–Kier alpha value is -2.98. The molecule has 0 aliphatic heterocycles.